The van der Waals surface area contributed by atoms with E-state index < -0.39 is 0 Å². The van der Waals surface area contributed by atoms with Crippen LogP contribution in [0.15, 0.2) is 65.8 Å². The van der Waals surface area contributed by atoms with Crippen LogP contribution >= 0.6 is 23.4 Å². The van der Waals surface area contributed by atoms with Crippen molar-refractivity contribution in [2.24, 2.45) is 0 Å². The number of aromatic amines is 1. The number of thioether (sulfide) groups is 1. The second-order valence-corrected chi connectivity index (χ2v) is 7.59. The van der Waals surface area contributed by atoms with E-state index in [-0.39, 0.29) is 11.7 Å². The Morgan fingerprint density at radius 3 is 2.79 bits per heavy atom. The zero-order chi connectivity index (χ0) is 20.2. The number of aromatic nitrogens is 3. The van der Waals surface area contributed by atoms with E-state index in [1.807, 2.05) is 42.5 Å². The van der Waals surface area contributed by atoms with E-state index in [0.29, 0.717) is 27.3 Å². The molecule has 0 radical (unpaired) electrons. The van der Waals surface area contributed by atoms with Gasteiger partial charge in [-0.2, -0.15) is 0 Å². The standard InChI is InChI=1S/C21H17ClN4O2S/c1-28-18-9-7-15(22)11-17(18)20-24-21(26-25-20)29-12-19(27)23-16-8-6-13-4-2-3-5-14(13)10-16/h2-11H,12H2,1H3,(H,23,27)(H,24,25,26). The number of methoxy groups -OCH3 is 1. The Kier molecular flexibility index (Phi) is 5.69. The summed E-state index contributed by atoms with van der Waals surface area (Å²) in [5.74, 6) is 1.23. The summed E-state index contributed by atoms with van der Waals surface area (Å²) in [6.07, 6.45) is 0. The van der Waals surface area contributed by atoms with Gasteiger partial charge in [-0.3, -0.25) is 9.89 Å². The van der Waals surface area contributed by atoms with Gasteiger partial charge in [0, 0.05) is 10.7 Å². The summed E-state index contributed by atoms with van der Waals surface area (Å²) < 4.78 is 5.34. The molecule has 0 aliphatic heterocycles. The first kappa shape index (κ1) is 19.3. The van der Waals surface area contributed by atoms with Crippen LogP contribution in [0.5, 0.6) is 5.75 Å². The Morgan fingerprint density at radius 1 is 1.14 bits per heavy atom. The Labute approximate surface area is 176 Å². The molecule has 6 nitrogen and oxygen atoms in total. The molecule has 8 heteroatoms. The molecule has 1 amide bonds. The fourth-order valence-corrected chi connectivity index (χ4v) is 3.66. The quantitative estimate of drug-likeness (QED) is 0.425. The van der Waals surface area contributed by atoms with E-state index in [2.05, 4.69) is 20.5 Å². The molecule has 0 unspecified atom stereocenters. The number of ether oxygens (including phenoxy) is 1. The SMILES string of the molecule is COc1ccc(Cl)cc1-c1nc(SCC(=O)Nc2ccc3ccccc3c2)n[nH]1. The predicted molar refractivity (Wildman–Crippen MR) is 117 cm³/mol. The first-order valence-electron chi connectivity index (χ1n) is 8.80. The highest BCUT2D eigenvalue weighted by Crippen LogP contribution is 2.31. The summed E-state index contributed by atoms with van der Waals surface area (Å²) >= 11 is 7.32. The van der Waals surface area contributed by atoms with Crippen molar-refractivity contribution in [1.82, 2.24) is 15.2 Å². The number of carbonyl (C=O) groups excluding carboxylic acids is 1. The monoisotopic (exact) mass is 424 g/mol. The molecule has 0 saturated carbocycles. The number of rotatable bonds is 6. The van der Waals surface area contributed by atoms with Crippen LogP contribution in [0.3, 0.4) is 0 Å². The molecule has 0 spiro atoms. The number of carbonyl (C=O) groups is 1. The van der Waals surface area contributed by atoms with Crippen LogP contribution in [-0.4, -0.2) is 34.0 Å². The van der Waals surface area contributed by atoms with Crippen LogP contribution in [0, 0.1) is 0 Å². The van der Waals surface area contributed by atoms with Crippen LogP contribution in [0.25, 0.3) is 22.2 Å². The van der Waals surface area contributed by atoms with Crippen LogP contribution < -0.4 is 10.1 Å². The summed E-state index contributed by atoms with van der Waals surface area (Å²) in [7, 11) is 1.58. The molecule has 0 atom stereocenters. The number of nitrogens with zero attached hydrogens (tertiary/aromatic N) is 2. The molecule has 3 aromatic carbocycles. The summed E-state index contributed by atoms with van der Waals surface area (Å²) in [4.78, 5) is 16.7. The van der Waals surface area contributed by atoms with E-state index in [1.165, 1.54) is 11.8 Å². The van der Waals surface area contributed by atoms with Crippen molar-refractivity contribution >= 4 is 45.7 Å². The van der Waals surface area contributed by atoms with Gasteiger partial charge in [0.2, 0.25) is 11.1 Å². The normalized spacial score (nSPS) is 10.8. The minimum Gasteiger partial charge on any atom is -0.496 e. The molecular formula is C21H17ClN4O2S. The average Bonchev–Trinajstić information content (AvgIpc) is 3.21. The number of H-pyrrole nitrogens is 1. The van der Waals surface area contributed by atoms with E-state index in [0.717, 1.165) is 16.5 Å². The highest BCUT2D eigenvalue weighted by Gasteiger charge is 2.13. The Hall–Kier alpha value is -3.03. The van der Waals surface area contributed by atoms with Crippen molar-refractivity contribution in [3.05, 3.63) is 65.7 Å². The first-order chi connectivity index (χ1) is 14.1. The van der Waals surface area contributed by atoms with Crippen LogP contribution in [0.1, 0.15) is 0 Å². The van der Waals surface area contributed by atoms with Crippen LogP contribution in [0.4, 0.5) is 5.69 Å². The molecule has 4 rings (SSSR count). The van der Waals surface area contributed by atoms with Gasteiger partial charge < -0.3 is 10.1 Å². The van der Waals surface area contributed by atoms with Gasteiger partial charge in [-0.1, -0.05) is 53.7 Å². The molecule has 29 heavy (non-hydrogen) atoms. The summed E-state index contributed by atoms with van der Waals surface area (Å²) in [6.45, 7) is 0. The smallest absolute Gasteiger partial charge is 0.234 e. The Bertz CT molecular complexity index is 1180. The number of hydrogen-bond acceptors (Lipinski definition) is 5. The number of benzene rings is 3. The number of fused-ring (bicyclic) bond motifs is 1. The lowest BCUT2D eigenvalue weighted by atomic mass is 10.1. The number of anilines is 1. The van der Waals surface area contributed by atoms with Crippen LogP contribution in [-0.2, 0) is 4.79 Å². The predicted octanol–water partition coefficient (Wildman–Crippen LogP) is 5.02. The number of hydrogen-bond donors (Lipinski definition) is 2. The number of nitrogens with one attached hydrogen (secondary N) is 2. The van der Waals surface area contributed by atoms with Crippen LogP contribution in [0.2, 0.25) is 5.02 Å². The van der Waals surface area contributed by atoms with Crippen molar-refractivity contribution in [3.63, 3.8) is 0 Å². The zero-order valence-electron chi connectivity index (χ0n) is 15.5. The van der Waals surface area contributed by atoms with Crippen molar-refractivity contribution in [2.75, 3.05) is 18.2 Å². The van der Waals surface area contributed by atoms with Gasteiger partial charge >= 0.3 is 0 Å². The van der Waals surface area contributed by atoms with Crippen molar-refractivity contribution in [3.8, 4) is 17.1 Å². The van der Waals surface area contributed by atoms with Gasteiger partial charge in [-0.05, 0) is 41.1 Å². The summed E-state index contributed by atoms with van der Waals surface area (Å²) in [5, 5.41) is 13.2. The average molecular weight is 425 g/mol. The van der Waals surface area contributed by atoms with Gasteiger partial charge in [0.1, 0.15) is 5.75 Å². The molecule has 1 aromatic heterocycles. The summed E-state index contributed by atoms with van der Waals surface area (Å²) in [5.41, 5.74) is 1.47. The maximum absolute atomic E-state index is 12.3. The molecule has 2 N–H and O–H groups in total. The third kappa shape index (κ3) is 4.52. The lowest BCUT2D eigenvalue weighted by Crippen LogP contribution is -2.14. The van der Waals surface area contributed by atoms with E-state index in [1.54, 1.807) is 25.3 Å². The zero-order valence-corrected chi connectivity index (χ0v) is 17.1. The largest absolute Gasteiger partial charge is 0.496 e. The molecule has 4 aromatic rings. The van der Waals surface area contributed by atoms with Gasteiger partial charge in [-0.15, -0.1) is 5.10 Å². The topological polar surface area (TPSA) is 79.9 Å². The minimum absolute atomic E-state index is 0.128. The van der Waals surface area contributed by atoms with Gasteiger partial charge in [0.05, 0.1) is 18.4 Å². The summed E-state index contributed by atoms with van der Waals surface area (Å²) in [6, 6.07) is 19.1. The molecule has 0 aliphatic rings. The van der Waals surface area contributed by atoms with Gasteiger partial charge in [-0.25, -0.2) is 4.98 Å². The maximum atomic E-state index is 12.3. The van der Waals surface area contributed by atoms with Crippen molar-refractivity contribution < 1.29 is 9.53 Å². The van der Waals surface area contributed by atoms with E-state index >= 15 is 0 Å². The number of amides is 1. The molecule has 0 saturated heterocycles. The highest BCUT2D eigenvalue weighted by molar-refractivity contribution is 7.99. The molecule has 0 aliphatic carbocycles. The number of halogens is 1. The lowest BCUT2D eigenvalue weighted by molar-refractivity contribution is -0.113. The molecule has 0 bridgehead atoms. The molecule has 0 fully saturated rings. The second-order valence-electron chi connectivity index (χ2n) is 6.21. The lowest BCUT2D eigenvalue weighted by Gasteiger charge is -2.06. The van der Waals surface area contributed by atoms with E-state index in [4.69, 9.17) is 16.3 Å². The Balaban J connectivity index is 1.40. The maximum Gasteiger partial charge on any atom is 0.234 e. The van der Waals surface area contributed by atoms with Crippen molar-refractivity contribution in [1.29, 1.82) is 0 Å². The van der Waals surface area contributed by atoms with Gasteiger partial charge in [0.15, 0.2) is 5.82 Å². The van der Waals surface area contributed by atoms with Gasteiger partial charge in [0.25, 0.3) is 0 Å². The highest BCUT2D eigenvalue weighted by atomic mass is 35.5. The van der Waals surface area contributed by atoms with E-state index in [9.17, 15) is 4.79 Å². The first-order valence-corrected chi connectivity index (χ1v) is 10.2. The third-order valence-corrected chi connectivity index (χ3v) is 5.33. The Morgan fingerprint density at radius 2 is 1.97 bits per heavy atom. The third-order valence-electron chi connectivity index (χ3n) is 4.25. The minimum atomic E-state index is -0.128. The fourth-order valence-electron chi connectivity index (χ4n) is 2.89. The second kappa shape index (κ2) is 8.55. The molecule has 1 heterocycles. The fraction of sp³-hybridized carbons (Fsp3) is 0.0952. The molecular weight excluding hydrogens is 408 g/mol. The molecule has 146 valence electrons. The van der Waals surface area contributed by atoms with Crippen molar-refractivity contribution in [2.45, 2.75) is 5.16 Å².